The molecule has 30 heavy (non-hydrogen) atoms. The highest BCUT2D eigenvalue weighted by Crippen LogP contribution is 2.21. The molecule has 1 aliphatic rings. The Balaban J connectivity index is 1.37. The summed E-state index contributed by atoms with van der Waals surface area (Å²) in [5, 5.41) is 3.14. The van der Waals surface area contributed by atoms with Gasteiger partial charge in [0.2, 0.25) is 11.8 Å². The molecule has 5 heteroatoms. The van der Waals surface area contributed by atoms with Crippen LogP contribution in [0.3, 0.4) is 0 Å². The number of rotatable bonds is 9. The van der Waals surface area contributed by atoms with E-state index in [-0.39, 0.29) is 17.7 Å². The minimum atomic E-state index is -0.0112. The Bertz CT molecular complexity index is 787. The van der Waals surface area contributed by atoms with Gasteiger partial charge in [-0.25, -0.2) is 0 Å². The number of ether oxygens (including phenoxy) is 1. The molecule has 1 unspecified atom stereocenters. The molecule has 2 aromatic rings. The Morgan fingerprint density at radius 3 is 2.30 bits per heavy atom. The normalized spacial score (nSPS) is 15.4. The summed E-state index contributed by atoms with van der Waals surface area (Å²) in [7, 11) is 0. The number of para-hydroxylation sites is 1. The van der Waals surface area contributed by atoms with Gasteiger partial charge in [-0.05, 0) is 37.0 Å². The van der Waals surface area contributed by atoms with E-state index in [1.807, 2.05) is 53.4 Å². The summed E-state index contributed by atoms with van der Waals surface area (Å²) in [6.45, 7) is 4.46. The van der Waals surface area contributed by atoms with Gasteiger partial charge in [0, 0.05) is 31.5 Å². The van der Waals surface area contributed by atoms with Crippen molar-refractivity contribution < 1.29 is 14.3 Å². The molecule has 1 aliphatic heterocycles. The summed E-state index contributed by atoms with van der Waals surface area (Å²) in [5.41, 5.74) is 1.26. The molecule has 1 atom stereocenters. The topological polar surface area (TPSA) is 58.6 Å². The van der Waals surface area contributed by atoms with Gasteiger partial charge in [0.1, 0.15) is 5.75 Å². The first kappa shape index (κ1) is 21.9. The van der Waals surface area contributed by atoms with Crippen molar-refractivity contribution in [1.82, 2.24) is 10.2 Å². The summed E-state index contributed by atoms with van der Waals surface area (Å²) in [6.07, 6.45) is 2.79. The minimum absolute atomic E-state index is 0.0112. The quantitative estimate of drug-likeness (QED) is 0.682. The summed E-state index contributed by atoms with van der Waals surface area (Å²) < 4.78 is 5.62. The second-order valence-electron chi connectivity index (χ2n) is 7.83. The van der Waals surface area contributed by atoms with E-state index in [1.54, 1.807) is 0 Å². The molecule has 0 aromatic heterocycles. The molecule has 3 rings (SSSR count). The maximum atomic E-state index is 12.6. The van der Waals surface area contributed by atoms with Crippen molar-refractivity contribution in [3.05, 3.63) is 66.2 Å². The Morgan fingerprint density at radius 2 is 1.67 bits per heavy atom. The lowest BCUT2D eigenvalue weighted by atomic mass is 9.94. The molecule has 160 valence electrons. The Hall–Kier alpha value is -2.82. The fourth-order valence-corrected chi connectivity index (χ4v) is 3.91. The molecule has 5 nitrogen and oxygen atoms in total. The predicted octanol–water partition coefficient (Wildman–Crippen LogP) is 4.00. The van der Waals surface area contributed by atoms with Crippen LogP contribution in [0.2, 0.25) is 0 Å². The molecule has 0 bridgehead atoms. The molecule has 2 amide bonds. The van der Waals surface area contributed by atoms with Crippen molar-refractivity contribution in [3.8, 4) is 5.75 Å². The molecule has 1 saturated heterocycles. The first-order valence-electron chi connectivity index (χ1n) is 11.0. The fraction of sp³-hybridized carbons (Fsp3) is 0.440. The smallest absolute Gasteiger partial charge is 0.225 e. The van der Waals surface area contributed by atoms with Crippen LogP contribution in [-0.2, 0) is 9.59 Å². The maximum absolute atomic E-state index is 12.6. The van der Waals surface area contributed by atoms with Gasteiger partial charge in [-0.2, -0.15) is 0 Å². The molecule has 0 saturated carbocycles. The van der Waals surface area contributed by atoms with Gasteiger partial charge >= 0.3 is 0 Å². The molecule has 1 heterocycles. The number of amides is 2. The lowest BCUT2D eigenvalue weighted by Gasteiger charge is -2.31. The zero-order chi connectivity index (χ0) is 21.2. The van der Waals surface area contributed by atoms with Gasteiger partial charge in [-0.15, -0.1) is 0 Å². The van der Waals surface area contributed by atoms with Crippen LogP contribution in [0.15, 0.2) is 60.7 Å². The van der Waals surface area contributed by atoms with Crippen molar-refractivity contribution in [3.63, 3.8) is 0 Å². The SMILES string of the molecule is CCC(CNC(=O)C1CCN(C(=O)CCOc2ccccc2)CC1)c1ccccc1. The molecule has 1 N–H and O–H groups in total. The summed E-state index contributed by atoms with van der Waals surface area (Å²) in [5.74, 6) is 1.31. The molecule has 0 aliphatic carbocycles. The zero-order valence-electron chi connectivity index (χ0n) is 17.8. The number of carbonyl (C=O) groups excluding carboxylic acids is 2. The standard InChI is InChI=1S/C25H32N2O3/c1-2-20(21-9-5-3-6-10-21)19-26-25(29)22-13-16-27(17-14-22)24(28)15-18-30-23-11-7-4-8-12-23/h3-12,20,22H,2,13-19H2,1H3,(H,26,29). The van der Waals surface area contributed by atoms with E-state index in [1.165, 1.54) is 5.56 Å². The third kappa shape index (κ3) is 6.34. The van der Waals surface area contributed by atoms with E-state index >= 15 is 0 Å². The highest BCUT2D eigenvalue weighted by atomic mass is 16.5. The predicted molar refractivity (Wildman–Crippen MR) is 118 cm³/mol. The van der Waals surface area contributed by atoms with Crippen molar-refractivity contribution >= 4 is 11.8 Å². The second-order valence-corrected chi connectivity index (χ2v) is 7.83. The second kappa shape index (κ2) is 11.4. The highest BCUT2D eigenvalue weighted by molar-refractivity contribution is 5.80. The maximum Gasteiger partial charge on any atom is 0.225 e. The molecule has 1 fully saturated rings. The largest absolute Gasteiger partial charge is 0.493 e. The Labute approximate surface area is 179 Å². The van der Waals surface area contributed by atoms with Gasteiger partial charge < -0.3 is 15.0 Å². The Kier molecular flexibility index (Phi) is 8.30. The third-order valence-corrected chi connectivity index (χ3v) is 5.83. The number of hydrogen-bond donors (Lipinski definition) is 1. The average molecular weight is 409 g/mol. The third-order valence-electron chi connectivity index (χ3n) is 5.83. The van der Waals surface area contributed by atoms with Crippen LogP contribution in [0.4, 0.5) is 0 Å². The first-order chi connectivity index (χ1) is 14.7. The summed E-state index contributed by atoms with van der Waals surface area (Å²) in [6, 6.07) is 19.9. The van der Waals surface area contributed by atoms with Crippen molar-refractivity contribution in [2.75, 3.05) is 26.2 Å². The molecule has 2 aromatic carbocycles. The zero-order valence-corrected chi connectivity index (χ0v) is 17.8. The van der Waals surface area contributed by atoms with Gasteiger partial charge in [0.05, 0.1) is 13.0 Å². The monoisotopic (exact) mass is 408 g/mol. The first-order valence-corrected chi connectivity index (χ1v) is 11.0. The fourth-order valence-electron chi connectivity index (χ4n) is 3.91. The van der Waals surface area contributed by atoms with E-state index < -0.39 is 0 Å². The minimum Gasteiger partial charge on any atom is -0.493 e. The number of benzene rings is 2. The number of likely N-dealkylation sites (tertiary alicyclic amines) is 1. The lowest BCUT2D eigenvalue weighted by molar-refractivity contribution is -0.136. The van der Waals surface area contributed by atoms with Crippen LogP contribution in [0, 0.1) is 5.92 Å². The number of nitrogens with one attached hydrogen (secondary N) is 1. The lowest BCUT2D eigenvalue weighted by Crippen LogP contribution is -2.43. The summed E-state index contributed by atoms with van der Waals surface area (Å²) >= 11 is 0. The number of nitrogens with zero attached hydrogens (tertiary/aromatic N) is 1. The van der Waals surface area contributed by atoms with Crippen molar-refractivity contribution in [1.29, 1.82) is 0 Å². The van der Waals surface area contributed by atoms with E-state index in [4.69, 9.17) is 4.74 Å². The molecule has 0 spiro atoms. The van der Waals surface area contributed by atoms with Crippen LogP contribution >= 0.6 is 0 Å². The number of carbonyl (C=O) groups is 2. The Morgan fingerprint density at radius 1 is 1.03 bits per heavy atom. The van der Waals surface area contributed by atoms with E-state index in [9.17, 15) is 9.59 Å². The number of hydrogen-bond acceptors (Lipinski definition) is 3. The van der Waals surface area contributed by atoms with Crippen LogP contribution < -0.4 is 10.1 Å². The number of piperidine rings is 1. The van der Waals surface area contributed by atoms with Crippen LogP contribution in [0.1, 0.15) is 44.1 Å². The van der Waals surface area contributed by atoms with Gasteiger partial charge in [0.15, 0.2) is 0 Å². The van der Waals surface area contributed by atoms with E-state index in [0.29, 0.717) is 38.6 Å². The van der Waals surface area contributed by atoms with Crippen LogP contribution in [0.25, 0.3) is 0 Å². The highest BCUT2D eigenvalue weighted by Gasteiger charge is 2.27. The molecule has 0 radical (unpaired) electrons. The average Bonchev–Trinajstić information content (AvgIpc) is 2.81. The van der Waals surface area contributed by atoms with Gasteiger partial charge in [0.25, 0.3) is 0 Å². The van der Waals surface area contributed by atoms with Crippen LogP contribution in [-0.4, -0.2) is 43.0 Å². The van der Waals surface area contributed by atoms with Crippen LogP contribution in [0.5, 0.6) is 5.75 Å². The van der Waals surface area contributed by atoms with Crippen molar-refractivity contribution in [2.45, 2.75) is 38.5 Å². The molecular formula is C25H32N2O3. The van der Waals surface area contributed by atoms with Gasteiger partial charge in [-0.1, -0.05) is 55.5 Å². The van der Waals surface area contributed by atoms with Crippen molar-refractivity contribution in [2.24, 2.45) is 5.92 Å². The van der Waals surface area contributed by atoms with E-state index in [0.717, 1.165) is 25.0 Å². The molecular weight excluding hydrogens is 376 g/mol. The summed E-state index contributed by atoms with van der Waals surface area (Å²) in [4.78, 5) is 26.9. The van der Waals surface area contributed by atoms with E-state index in [2.05, 4.69) is 24.4 Å². The van der Waals surface area contributed by atoms with Gasteiger partial charge in [-0.3, -0.25) is 9.59 Å².